The molecule has 152 valence electrons. The highest BCUT2D eigenvalue weighted by atomic mass is 79.9. The molecule has 0 aliphatic rings. The van der Waals surface area contributed by atoms with Crippen LogP contribution >= 0.6 is 27.7 Å². The third-order valence-electron chi connectivity index (χ3n) is 5.02. The highest BCUT2D eigenvalue weighted by Gasteiger charge is 2.18. The second kappa shape index (κ2) is 8.57. The predicted molar refractivity (Wildman–Crippen MR) is 131 cm³/mol. The fourth-order valence-electron chi connectivity index (χ4n) is 3.55. The van der Waals surface area contributed by atoms with E-state index in [1.807, 2.05) is 79.0 Å². The van der Waals surface area contributed by atoms with E-state index in [0.717, 1.165) is 26.9 Å². The molecule has 0 fully saturated rings. The largest absolute Gasteiger partial charge is 0.355 e. The number of H-pyrrole nitrogens is 1. The van der Waals surface area contributed by atoms with Gasteiger partial charge in [0.2, 0.25) is 0 Å². The van der Waals surface area contributed by atoms with Crippen molar-refractivity contribution in [2.75, 3.05) is 0 Å². The van der Waals surface area contributed by atoms with Gasteiger partial charge in [-0.15, -0.1) is 0 Å². The summed E-state index contributed by atoms with van der Waals surface area (Å²) in [5.41, 5.74) is 5.02. The molecular weight excluding hydrogens is 470 g/mol. The van der Waals surface area contributed by atoms with Gasteiger partial charge in [-0.05, 0) is 35.4 Å². The molecule has 0 saturated carbocycles. The van der Waals surface area contributed by atoms with Gasteiger partial charge in [-0.25, -0.2) is 4.98 Å². The van der Waals surface area contributed by atoms with Gasteiger partial charge in [0.25, 0.3) is 5.56 Å². The van der Waals surface area contributed by atoms with Crippen LogP contribution in [0.5, 0.6) is 0 Å². The first-order valence-electron chi connectivity index (χ1n) is 9.83. The minimum atomic E-state index is -0.102. The molecule has 4 nitrogen and oxygen atoms in total. The summed E-state index contributed by atoms with van der Waals surface area (Å²) in [6, 6.07) is 27.9. The van der Waals surface area contributed by atoms with Crippen LogP contribution in [0.2, 0.25) is 0 Å². The summed E-state index contributed by atoms with van der Waals surface area (Å²) in [6.45, 7) is 0. The molecule has 5 rings (SSSR count). The van der Waals surface area contributed by atoms with Gasteiger partial charge in [0.1, 0.15) is 11.0 Å². The summed E-state index contributed by atoms with van der Waals surface area (Å²) in [7, 11) is 0. The second-order valence-corrected chi connectivity index (χ2v) is 8.94. The summed E-state index contributed by atoms with van der Waals surface area (Å²) in [4.78, 5) is 21.7. The smallest absolute Gasteiger partial charge is 0.283 e. The maximum absolute atomic E-state index is 13.5. The van der Waals surface area contributed by atoms with E-state index in [4.69, 9.17) is 4.98 Å². The fraction of sp³-hybridized carbons (Fsp3) is 0.0400. The van der Waals surface area contributed by atoms with Crippen LogP contribution in [0.3, 0.4) is 0 Å². The zero-order valence-corrected chi connectivity index (χ0v) is 18.9. The summed E-state index contributed by atoms with van der Waals surface area (Å²) >= 11 is 5.09. The Labute approximate surface area is 192 Å². The molecule has 2 aromatic heterocycles. The van der Waals surface area contributed by atoms with Crippen LogP contribution in [-0.2, 0) is 5.75 Å². The number of rotatable bonds is 5. The molecular formula is C25H18BrN3OS. The van der Waals surface area contributed by atoms with Crippen molar-refractivity contribution in [1.82, 2.24) is 14.5 Å². The monoisotopic (exact) mass is 487 g/mol. The van der Waals surface area contributed by atoms with Crippen molar-refractivity contribution in [3.63, 3.8) is 0 Å². The molecule has 0 unspecified atom stereocenters. The Morgan fingerprint density at radius 3 is 2.42 bits per heavy atom. The van der Waals surface area contributed by atoms with Crippen LogP contribution in [0.25, 0.3) is 27.8 Å². The third-order valence-corrected chi connectivity index (χ3v) is 6.53. The Morgan fingerprint density at radius 1 is 0.935 bits per heavy atom. The van der Waals surface area contributed by atoms with Crippen molar-refractivity contribution in [3.05, 3.63) is 112 Å². The number of thioether (sulfide) groups is 1. The molecule has 1 N–H and O–H groups in total. The normalized spacial score (nSPS) is 11.1. The van der Waals surface area contributed by atoms with Crippen molar-refractivity contribution in [1.29, 1.82) is 0 Å². The number of aromatic amines is 1. The lowest BCUT2D eigenvalue weighted by atomic mass is 10.1. The molecule has 0 atom stereocenters. The van der Waals surface area contributed by atoms with Gasteiger partial charge >= 0.3 is 0 Å². The summed E-state index contributed by atoms with van der Waals surface area (Å²) in [6.07, 6.45) is 1.87. The lowest BCUT2D eigenvalue weighted by Crippen LogP contribution is -2.21. The second-order valence-electron chi connectivity index (χ2n) is 7.08. The number of nitrogens with one attached hydrogen (secondary N) is 1. The molecule has 5 aromatic rings. The van der Waals surface area contributed by atoms with Gasteiger partial charge < -0.3 is 4.98 Å². The Balaban J connectivity index is 1.67. The minimum Gasteiger partial charge on any atom is -0.355 e. The minimum absolute atomic E-state index is 0.102. The molecule has 2 heterocycles. The lowest BCUT2D eigenvalue weighted by Gasteiger charge is -2.12. The number of halogens is 1. The van der Waals surface area contributed by atoms with Crippen LogP contribution in [0.4, 0.5) is 0 Å². The molecule has 0 spiro atoms. The zero-order valence-electron chi connectivity index (χ0n) is 16.5. The van der Waals surface area contributed by atoms with Crippen LogP contribution in [0.1, 0.15) is 5.56 Å². The molecule has 0 aliphatic heterocycles. The van der Waals surface area contributed by atoms with E-state index < -0.39 is 0 Å². The van der Waals surface area contributed by atoms with Gasteiger partial charge in [0.15, 0.2) is 5.16 Å². The molecule has 0 amide bonds. The molecule has 6 heteroatoms. The lowest BCUT2D eigenvalue weighted by molar-refractivity contribution is 0.818. The maximum Gasteiger partial charge on any atom is 0.283 e. The summed E-state index contributed by atoms with van der Waals surface area (Å²) in [5, 5.41) is 0.667. The van der Waals surface area contributed by atoms with E-state index in [1.165, 1.54) is 0 Å². The first-order valence-corrected chi connectivity index (χ1v) is 11.6. The van der Waals surface area contributed by atoms with Crippen LogP contribution in [-0.4, -0.2) is 14.5 Å². The third kappa shape index (κ3) is 3.96. The number of aromatic nitrogens is 3. The van der Waals surface area contributed by atoms with E-state index in [1.54, 1.807) is 16.3 Å². The Bertz CT molecular complexity index is 1410. The summed E-state index contributed by atoms with van der Waals surface area (Å²) < 4.78 is 2.72. The Kier molecular flexibility index (Phi) is 5.49. The fourth-order valence-corrected chi connectivity index (χ4v) is 4.95. The number of para-hydroxylation sites is 1. The Hall–Kier alpha value is -3.09. The maximum atomic E-state index is 13.5. The van der Waals surface area contributed by atoms with Crippen molar-refractivity contribution in [3.8, 4) is 16.8 Å². The number of hydrogen-bond acceptors (Lipinski definition) is 3. The molecule has 31 heavy (non-hydrogen) atoms. The van der Waals surface area contributed by atoms with Crippen molar-refractivity contribution >= 4 is 38.7 Å². The van der Waals surface area contributed by atoms with Crippen LogP contribution in [0, 0.1) is 0 Å². The van der Waals surface area contributed by atoms with Crippen LogP contribution < -0.4 is 5.56 Å². The molecule has 3 aromatic carbocycles. The van der Waals surface area contributed by atoms with E-state index >= 15 is 0 Å². The quantitative estimate of drug-likeness (QED) is 0.229. The van der Waals surface area contributed by atoms with E-state index in [9.17, 15) is 4.79 Å². The van der Waals surface area contributed by atoms with Crippen molar-refractivity contribution in [2.45, 2.75) is 10.9 Å². The van der Waals surface area contributed by atoms with E-state index in [0.29, 0.717) is 21.9 Å². The highest BCUT2D eigenvalue weighted by molar-refractivity contribution is 9.10. The number of nitrogens with zero attached hydrogens (tertiary/aromatic N) is 2. The Morgan fingerprint density at radius 2 is 1.68 bits per heavy atom. The summed E-state index contributed by atoms with van der Waals surface area (Å²) in [5.74, 6) is 0.704. The number of fused-ring (bicyclic) bond motifs is 1. The van der Waals surface area contributed by atoms with Gasteiger partial charge in [-0.1, -0.05) is 88.4 Å². The van der Waals surface area contributed by atoms with Gasteiger partial charge in [-0.2, -0.15) is 0 Å². The van der Waals surface area contributed by atoms with Gasteiger partial charge in [0.05, 0.1) is 5.69 Å². The van der Waals surface area contributed by atoms with Gasteiger partial charge in [0, 0.05) is 22.0 Å². The number of benzene rings is 3. The van der Waals surface area contributed by atoms with E-state index in [-0.39, 0.29) is 5.56 Å². The zero-order chi connectivity index (χ0) is 21.2. The van der Waals surface area contributed by atoms with Gasteiger partial charge in [-0.3, -0.25) is 9.36 Å². The van der Waals surface area contributed by atoms with Crippen molar-refractivity contribution in [2.24, 2.45) is 0 Å². The average molecular weight is 488 g/mol. The molecule has 0 aliphatic carbocycles. The predicted octanol–water partition coefficient (Wildman–Crippen LogP) is 6.44. The standard InChI is InChI=1S/C25H18BrN3OS/c26-19-11-7-8-17(14-19)16-31-25-28-22-21(18-9-3-1-4-10-18)15-27-23(22)24(30)29(25)20-12-5-2-6-13-20/h1-15,27H,16H2. The first kappa shape index (κ1) is 19.8. The van der Waals surface area contributed by atoms with Crippen LogP contribution in [0.15, 0.2) is 106 Å². The topological polar surface area (TPSA) is 50.7 Å². The average Bonchev–Trinajstić information content (AvgIpc) is 3.23. The van der Waals surface area contributed by atoms with E-state index in [2.05, 4.69) is 33.0 Å². The molecule has 0 radical (unpaired) electrons. The highest BCUT2D eigenvalue weighted by Crippen LogP contribution is 2.30. The first-order chi connectivity index (χ1) is 15.2. The number of hydrogen-bond donors (Lipinski definition) is 1. The molecule has 0 saturated heterocycles. The SMILES string of the molecule is O=c1c2[nH]cc(-c3ccccc3)c2nc(SCc2cccc(Br)c2)n1-c1ccccc1. The van der Waals surface area contributed by atoms with Crippen molar-refractivity contribution < 1.29 is 0 Å². The molecule has 0 bridgehead atoms.